The molecule has 0 heterocycles. The van der Waals surface area contributed by atoms with Gasteiger partial charge >= 0.3 is 0 Å². The molecule has 0 atom stereocenters. The summed E-state index contributed by atoms with van der Waals surface area (Å²) in [6.45, 7) is 0. The van der Waals surface area contributed by atoms with Crippen molar-refractivity contribution in [3.8, 4) is 6.07 Å². The fourth-order valence-electron chi connectivity index (χ4n) is 0.691. The first-order valence-electron chi connectivity index (χ1n) is 2.79. The number of nitrogen functional groups attached to an aromatic ring is 1. The quantitative estimate of drug-likeness (QED) is 0.574. The molecule has 1 rings (SSSR count). The van der Waals surface area contributed by atoms with Gasteiger partial charge in [-0.15, -0.1) is 0 Å². The van der Waals surface area contributed by atoms with Crippen molar-refractivity contribution in [1.29, 1.82) is 5.26 Å². The smallest absolute Gasteiger partial charge is 0.176 e. The lowest BCUT2D eigenvalue weighted by Crippen LogP contribution is -1.93. The molecule has 0 radical (unpaired) electrons. The van der Waals surface area contributed by atoms with Crippen LogP contribution < -0.4 is 5.73 Å². The molecule has 0 bridgehead atoms. The van der Waals surface area contributed by atoms with Gasteiger partial charge in [0.1, 0.15) is 6.07 Å². The van der Waals surface area contributed by atoms with Crippen molar-refractivity contribution < 1.29 is 8.78 Å². The number of hydrogen-bond acceptors (Lipinski definition) is 2. The predicted molar refractivity (Wildman–Crippen MR) is 35.5 cm³/mol. The summed E-state index contributed by atoms with van der Waals surface area (Å²) in [5, 5.41) is 8.26. The zero-order chi connectivity index (χ0) is 8.43. The molecule has 0 spiro atoms. The van der Waals surface area contributed by atoms with E-state index in [2.05, 4.69) is 0 Å². The molecule has 56 valence electrons. The second-order valence-corrected chi connectivity index (χ2v) is 1.98. The van der Waals surface area contributed by atoms with E-state index in [1.807, 2.05) is 0 Å². The number of halogens is 2. The minimum Gasteiger partial charge on any atom is -0.399 e. The van der Waals surface area contributed by atoms with E-state index in [9.17, 15) is 8.78 Å². The molecule has 4 heteroatoms. The summed E-state index contributed by atoms with van der Waals surface area (Å²) in [6.07, 6.45) is 0. The number of anilines is 1. The van der Waals surface area contributed by atoms with Gasteiger partial charge in [-0.1, -0.05) is 0 Å². The maximum atomic E-state index is 12.5. The summed E-state index contributed by atoms with van der Waals surface area (Å²) in [6, 6.07) is 3.39. The fraction of sp³-hybridized carbons (Fsp3) is 0. The van der Waals surface area contributed by atoms with Crippen molar-refractivity contribution in [3.63, 3.8) is 0 Å². The first-order chi connectivity index (χ1) is 5.15. The fourth-order valence-corrected chi connectivity index (χ4v) is 0.691. The van der Waals surface area contributed by atoms with E-state index in [1.165, 1.54) is 6.07 Å². The highest BCUT2D eigenvalue weighted by atomic mass is 19.2. The van der Waals surface area contributed by atoms with Gasteiger partial charge in [0.25, 0.3) is 0 Å². The van der Waals surface area contributed by atoms with Crippen molar-refractivity contribution in [3.05, 3.63) is 29.3 Å². The number of nitrogens with zero attached hydrogens (tertiary/aromatic N) is 1. The summed E-state index contributed by atoms with van der Waals surface area (Å²) in [4.78, 5) is 0. The average molecular weight is 154 g/mol. The molecule has 0 saturated carbocycles. The van der Waals surface area contributed by atoms with Crippen LogP contribution in [0.25, 0.3) is 0 Å². The Hall–Kier alpha value is -1.63. The minimum atomic E-state index is -1.15. The topological polar surface area (TPSA) is 49.8 Å². The average Bonchev–Trinajstić information content (AvgIpc) is 1.96. The first kappa shape index (κ1) is 7.48. The Bertz CT molecular complexity index is 328. The molecule has 0 aliphatic rings. The minimum absolute atomic E-state index is 0.0421. The Morgan fingerprint density at radius 3 is 2.55 bits per heavy atom. The molecule has 0 unspecified atom stereocenters. The van der Waals surface area contributed by atoms with Crippen LogP contribution in [0.2, 0.25) is 0 Å². The van der Waals surface area contributed by atoms with E-state index in [1.54, 1.807) is 0 Å². The predicted octanol–water partition coefficient (Wildman–Crippen LogP) is 1.42. The van der Waals surface area contributed by atoms with Crippen LogP contribution >= 0.6 is 0 Å². The van der Waals surface area contributed by atoms with Crippen LogP contribution in [0.15, 0.2) is 12.1 Å². The second kappa shape index (κ2) is 2.54. The van der Waals surface area contributed by atoms with E-state index < -0.39 is 11.6 Å². The van der Waals surface area contributed by atoms with Crippen molar-refractivity contribution in [2.24, 2.45) is 0 Å². The largest absolute Gasteiger partial charge is 0.399 e. The van der Waals surface area contributed by atoms with E-state index in [0.29, 0.717) is 0 Å². The lowest BCUT2D eigenvalue weighted by Gasteiger charge is -1.96. The van der Waals surface area contributed by atoms with Crippen molar-refractivity contribution >= 4 is 5.69 Å². The number of nitrogens with two attached hydrogens (primary N) is 1. The molecule has 11 heavy (non-hydrogen) atoms. The van der Waals surface area contributed by atoms with Gasteiger partial charge in [-0.25, -0.2) is 8.78 Å². The first-order valence-corrected chi connectivity index (χ1v) is 2.79. The molecule has 0 aliphatic heterocycles. The number of benzene rings is 1. The highest BCUT2D eigenvalue weighted by molar-refractivity contribution is 5.46. The van der Waals surface area contributed by atoms with Gasteiger partial charge in [0, 0.05) is 5.69 Å². The van der Waals surface area contributed by atoms with E-state index in [0.717, 1.165) is 12.1 Å². The molecule has 1 aromatic rings. The molecule has 2 nitrogen and oxygen atoms in total. The third kappa shape index (κ3) is 1.27. The molecule has 1 aromatic carbocycles. The Morgan fingerprint density at radius 2 is 2.00 bits per heavy atom. The van der Waals surface area contributed by atoms with Crippen LogP contribution in [0, 0.1) is 23.0 Å². The highest BCUT2D eigenvalue weighted by Gasteiger charge is 2.08. The number of nitriles is 1. The van der Waals surface area contributed by atoms with Gasteiger partial charge in [0.15, 0.2) is 11.6 Å². The van der Waals surface area contributed by atoms with E-state index in [4.69, 9.17) is 11.0 Å². The number of rotatable bonds is 0. The lowest BCUT2D eigenvalue weighted by molar-refractivity contribution is 0.507. The third-order valence-corrected chi connectivity index (χ3v) is 1.17. The van der Waals surface area contributed by atoms with Gasteiger partial charge in [-0.3, -0.25) is 0 Å². The SMILES string of the molecule is N#Cc1cc(N)cc(F)c1F. The van der Waals surface area contributed by atoms with Crippen LogP contribution in [0.4, 0.5) is 14.5 Å². The third-order valence-electron chi connectivity index (χ3n) is 1.17. The van der Waals surface area contributed by atoms with Crippen LogP contribution in [0.3, 0.4) is 0 Å². The maximum absolute atomic E-state index is 12.5. The summed E-state index contributed by atoms with van der Waals surface area (Å²) in [5.41, 5.74) is 4.82. The van der Waals surface area contributed by atoms with Gasteiger partial charge in [0.05, 0.1) is 5.56 Å². The summed E-state index contributed by atoms with van der Waals surface area (Å²) >= 11 is 0. The standard InChI is InChI=1S/C7H4F2N2/c8-6-2-5(11)1-4(3-10)7(6)9/h1-2H,11H2. The lowest BCUT2D eigenvalue weighted by atomic mass is 10.2. The normalized spacial score (nSPS) is 9.18. The van der Waals surface area contributed by atoms with Crippen LogP contribution in [0.5, 0.6) is 0 Å². The second-order valence-electron chi connectivity index (χ2n) is 1.98. The van der Waals surface area contributed by atoms with Gasteiger partial charge in [-0.05, 0) is 12.1 Å². The van der Waals surface area contributed by atoms with Crippen LogP contribution in [-0.2, 0) is 0 Å². The Morgan fingerprint density at radius 1 is 1.36 bits per heavy atom. The monoisotopic (exact) mass is 154 g/mol. The highest BCUT2D eigenvalue weighted by Crippen LogP contribution is 2.14. The van der Waals surface area contributed by atoms with Crippen molar-refractivity contribution in [1.82, 2.24) is 0 Å². The van der Waals surface area contributed by atoms with Gasteiger partial charge < -0.3 is 5.73 Å². The Balaban J connectivity index is 3.39. The van der Waals surface area contributed by atoms with Crippen molar-refractivity contribution in [2.75, 3.05) is 5.73 Å². The molecular formula is C7H4F2N2. The molecule has 0 aromatic heterocycles. The van der Waals surface area contributed by atoms with Crippen molar-refractivity contribution in [2.45, 2.75) is 0 Å². The molecule has 0 amide bonds. The Kier molecular flexibility index (Phi) is 1.73. The molecule has 2 N–H and O–H groups in total. The van der Waals surface area contributed by atoms with E-state index in [-0.39, 0.29) is 11.3 Å². The molecule has 0 fully saturated rings. The van der Waals surface area contributed by atoms with Gasteiger partial charge in [0.2, 0.25) is 0 Å². The summed E-state index contributed by atoms with van der Waals surface area (Å²) in [5.74, 6) is -2.25. The molecule has 0 aliphatic carbocycles. The zero-order valence-electron chi connectivity index (χ0n) is 5.44. The number of hydrogen-bond donors (Lipinski definition) is 1. The summed E-state index contributed by atoms with van der Waals surface area (Å²) < 4.78 is 24.9. The van der Waals surface area contributed by atoms with Crippen LogP contribution in [-0.4, -0.2) is 0 Å². The summed E-state index contributed by atoms with van der Waals surface area (Å²) in [7, 11) is 0. The van der Waals surface area contributed by atoms with Crippen LogP contribution in [0.1, 0.15) is 5.56 Å². The Labute approximate surface area is 61.9 Å². The van der Waals surface area contributed by atoms with Gasteiger partial charge in [-0.2, -0.15) is 5.26 Å². The molecular weight excluding hydrogens is 150 g/mol. The maximum Gasteiger partial charge on any atom is 0.176 e. The van der Waals surface area contributed by atoms with E-state index >= 15 is 0 Å². The zero-order valence-corrected chi connectivity index (χ0v) is 5.44. The molecule has 0 saturated heterocycles.